The number of nitrogens with zero attached hydrogens (tertiary/aromatic N) is 1. The van der Waals surface area contributed by atoms with Crippen molar-refractivity contribution in [3.8, 4) is 0 Å². The Balaban J connectivity index is 3.73. The first-order valence-electron chi connectivity index (χ1n) is 5.98. The Kier molecular flexibility index (Phi) is 8.53. The molecule has 0 heterocycles. The first kappa shape index (κ1) is 13.0. The van der Waals surface area contributed by atoms with Gasteiger partial charge in [-0.2, -0.15) is 0 Å². The molecule has 1 heteroatoms. The van der Waals surface area contributed by atoms with E-state index in [-0.39, 0.29) is 0 Å². The van der Waals surface area contributed by atoms with Gasteiger partial charge in [-0.3, -0.25) is 0 Å². The van der Waals surface area contributed by atoms with Crippen LogP contribution in [-0.2, 0) is 0 Å². The molecule has 0 aliphatic carbocycles. The van der Waals surface area contributed by atoms with E-state index in [4.69, 9.17) is 5.32 Å². The summed E-state index contributed by atoms with van der Waals surface area (Å²) in [5.41, 5.74) is 0. The molecule has 2 atom stereocenters. The zero-order valence-corrected chi connectivity index (χ0v) is 9.84. The van der Waals surface area contributed by atoms with E-state index < -0.39 is 0 Å². The highest BCUT2D eigenvalue weighted by Crippen LogP contribution is 2.09. The van der Waals surface area contributed by atoms with Crippen LogP contribution in [0, 0.1) is 0 Å². The van der Waals surface area contributed by atoms with Gasteiger partial charge < -0.3 is 0 Å². The second kappa shape index (κ2) is 8.55. The summed E-state index contributed by atoms with van der Waals surface area (Å²) >= 11 is 0. The SMILES string of the molecule is CCCC(CC)[N]C(CC)CCC. The molecule has 0 aliphatic heterocycles. The van der Waals surface area contributed by atoms with E-state index in [2.05, 4.69) is 27.7 Å². The van der Waals surface area contributed by atoms with Gasteiger partial charge in [0.15, 0.2) is 0 Å². The minimum Gasteiger partial charge on any atom is -0.235 e. The Hall–Kier alpha value is -0.0400. The third-order valence-corrected chi connectivity index (χ3v) is 2.61. The summed E-state index contributed by atoms with van der Waals surface area (Å²) in [6.07, 6.45) is 7.52. The molecule has 1 nitrogen and oxygen atoms in total. The Labute approximate surface area is 84.3 Å². The number of hydrogen-bond donors (Lipinski definition) is 0. The molecule has 0 saturated carbocycles. The molecule has 13 heavy (non-hydrogen) atoms. The molecule has 0 saturated heterocycles. The van der Waals surface area contributed by atoms with Crippen LogP contribution in [-0.4, -0.2) is 12.1 Å². The van der Waals surface area contributed by atoms with Crippen molar-refractivity contribution in [1.82, 2.24) is 5.32 Å². The largest absolute Gasteiger partial charge is 0.235 e. The molecule has 79 valence electrons. The normalized spacial score (nSPS) is 15.7. The van der Waals surface area contributed by atoms with Gasteiger partial charge in [0.2, 0.25) is 0 Å². The smallest absolute Gasteiger partial charge is 0.0246 e. The summed E-state index contributed by atoms with van der Waals surface area (Å²) < 4.78 is 0. The van der Waals surface area contributed by atoms with Gasteiger partial charge in [-0.05, 0) is 25.7 Å². The molecular weight excluding hydrogens is 158 g/mol. The standard InChI is InChI=1S/C12H26N/c1-5-9-11(7-3)13-12(8-4)10-6-2/h11-12H,5-10H2,1-4H3. The van der Waals surface area contributed by atoms with Crippen LogP contribution in [0.2, 0.25) is 0 Å². The van der Waals surface area contributed by atoms with Crippen LogP contribution in [0.25, 0.3) is 0 Å². The van der Waals surface area contributed by atoms with E-state index in [0.717, 1.165) is 0 Å². The molecule has 0 rings (SSSR count). The van der Waals surface area contributed by atoms with Crippen molar-refractivity contribution in [2.24, 2.45) is 0 Å². The summed E-state index contributed by atoms with van der Waals surface area (Å²) in [5, 5.41) is 4.89. The average molecular weight is 184 g/mol. The Morgan fingerprint density at radius 3 is 1.38 bits per heavy atom. The lowest BCUT2D eigenvalue weighted by Crippen LogP contribution is -2.30. The second-order valence-corrected chi connectivity index (χ2v) is 3.85. The molecule has 1 radical (unpaired) electrons. The molecule has 2 unspecified atom stereocenters. The van der Waals surface area contributed by atoms with Crippen molar-refractivity contribution in [2.45, 2.75) is 78.3 Å². The Bertz CT molecular complexity index is 89.3. The van der Waals surface area contributed by atoms with E-state index in [1.54, 1.807) is 0 Å². The lowest BCUT2D eigenvalue weighted by Gasteiger charge is -2.21. The molecule has 0 fully saturated rings. The van der Waals surface area contributed by atoms with Crippen molar-refractivity contribution in [3.05, 3.63) is 0 Å². The van der Waals surface area contributed by atoms with Gasteiger partial charge >= 0.3 is 0 Å². The fourth-order valence-electron chi connectivity index (χ4n) is 1.73. The van der Waals surface area contributed by atoms with E-state index in [9.17, 15) is 0 Å². The highest BCUT2D eigenvalue weighted by molar-refractivity contribution is 4.71. The van der Waals surface area contributed by atoms with Crippen LogP contribution < -0.4 is 5.32 Å². The van der Waals surface area contributed by atoms with Crippen LogP contribution in [0.4, 0.5) is 0 Å². The maximum Gasteiger partial charge on any atom is 0.0246 e. The van der Waals surface area contributed by atoms with Gasteiger partial charge in [0.1, 0.15) is 0 Å². The average Bonchev–Trinajstić information content (AvgIpc) is 2.16. The molecule has 0 aliphatic rings. The van der Waals surface area contributed by atoms with E-state index in [1.165, 1.54) is 38.5 Å². The van der Waals surface area contributed by atoms with Gasteiger partial charge in [-0.1, -0.05) is 40.5 Å². The molecular formula is C12H26N. The maximum atomic E-state index is 4.89. The molecule has 0 bridgehead atoms. The van der Waals surface area contributed by atoms with E-state index in [0.29, 0.717) is 12.1 Å². The van der Waals surface area contributed by atoms with Crippen LogP contribution in [0.1, 0.15) is 66.2 Å². The number of hydrogen-bond acceptors (Lipinski definition) is 0. The fourth-order valence-corrected chi connectivity index (χ4v) is 1.73. The minimum absolute atomic E-state index is 0.626. The molecule has 0 amide bonds. The Morgan fingerprint density at radius 1 is 0.769 bits per heavy atom. The lowest BCUT2D eigenvalue weighted by atomic mass is 10.0. The zero-order chi connectivity index (χ0) is 10.1. The summed E-state index contributed by atoms with van der Waals surface area (Å²) in [6, 6.07) is 1.25. The van der Waals surface area contributed by atoms with Gasteiger partial charge in [0.05, 0.1) is 0 Å². The summed E-state index contributed by atoms with van der Waals surface area (Å²) in [7, 11) is 0. The number of rotatable bonds is 8. The molecule has 0 aromatic rings. The van der Waals surface area contributed by atoms with Gasteiger partial charge in [-0.15, -0.1) is 0 Å². The lowest BCUT2D eigenvalue weighted by molar-refractivity contribution is 0.361. The van der Waals surface area contributed by atoms with Crippen LogP contribution >= 0.6 is 0 Å². The molecule has 0 aromatic heterocycles. The van der Waals surface area contributed by atoms with Crippen LogP contribution in [0.15, 0.2) is 0 Å². The van der Waals surface area contributed by atoms with E-state index >= 15 is 0 Å². The second-order valence-electron chi connectivity index (χ2n) is 3.85. The highest BCUT2D eigenvalue weighted by Gasteiger charge is 2.12. The highest BCUT2D eigenvalue weighted by atomic mass is 14.9. The van der Waals surface area contributed by atoms with Crippen molar-refractivity contribution in [3.63, 3.8) is 0 Å². The predicted molar refractivity (Wildman–Crippen MR) is 60.1 cm³/mol. The molecule has 0 spiro atoms. The summed E-state index contributed by atoms with van der Waals surface area (Å²) in [6.45, 7) is 9.00. The maximum absolute atomic E-state index is 4.89. The zero-order valence-electron chi connectivity index (χ0n) is 9.84. The third kappa shape index (κ3) is 6.09. The van der Waals surface area contributed by atoms with E-state index in [1.807, 2.05) is 0 Å². The summed E-state index contributed by atoms with van der Waals surface area (Å²) in [5.74, 6) is 0. The predicted octanol–water partition coefficient (Wildman–Crippen LogP) is 3.75. The van der Waals surface area contributed by atoms with Crippen molar-refractivity contribution < 1.29 is 0 Å². The van der Waals surface area contributed by atoms with Crippen molar-refractivity contribution in [1.29, 1.82) is 0 Å². The summed E-state index contributed by atoms with van der Waals surface area (Å²) in [4.78, 5) is 0. The molecule has 0 N–H and O–H groups in total. The monoisotopic (exact) mass is 184 g/mol. The first-order valence-corrected chi connectivity index (χ1v) is 5.98. The van der Waals surface area contributed by atoms with Crippen molar-refractivity contribution >= 4 is 0 Å². The molecule has 0 aromatic carbocycles. The third-order valence-electron chi connectivity index (χ3n) is 2.61. The minimum atomic E-state index is 0.626. The van der Waals surface area contributed by atoms with Crippen molar-refractivity contribution in [2.75, 3.05) is 0 Å². The van der Waals surface area contributed by atoms with Crippen LogP contribution in [0.5, 0.6) is 0 Å². The fraction of sp³-hybridized carbons (Fsp3) is 1.00. The van der Waals surface area contributed by atoms with Gasteiger partial charge in [-0.25, -0.2) is 5.32 Å². The topological polar surface area (TPSA) is 14.1 Å². The van der Waals surface area contributed by atoms with Gasteiger partial charge in [0, 0.05) is 12.1 Å². The quantitative estimate of drug-likeness (QED) is 0.545. The van der Waals surface area contributed by atoms with Gasteiger partial charge in [0.25, 0.3) is 0 Å². The Morgan fingerprint density at radius 2 is 1.15 bits per heavy atom. The van der Waals surface area contributed by atoms with Crippen LogP contribution in [0.3, 0.4) is 0 Å². The first-order chi connectivity index (χ1) is 6.28.